The van der Waals surface area contributed by atoms with Gasteiger partial charge in [0.15, 0.2) is 0 Å². The van der Waals surface area contributed by atoms with Gasteiger partial charge in [0.25, 0.3) is 0 Å². The number of ether oxygens (including phenoxy) is 1. The number of hydrogen-bond acceptors (Lipinski definition) is 2. The molecule has 2 aromatic rings. The molecule has 0 bridgehead atoms. The second-order valence-corrected chi connectivity index (χ2v) is 6.20. The molecule has 1 unspecified atom stereocenters. The summed E-state index contributed by atoms with van der Waals surface area (Å²) in [7, 11) is 0. The second-order valence-electron chi connectivity index (χ2n) is 6.20. The lowest BCUT2D eigenvalue weighted by atomic mass is 9.99. The van der Waals surface area contributed by atoms with Gasteiger partial charge in [0.05, 0.1) is 5.56 Å². The first-order valence-electron chi connectivity index (χ1n) is 8.52. The zero-order valence-electron chi connectivity index (χ0n) is 14.3. The molecule has 0 saturated heterocycles. The third-order valence-corrected chi connectivity index (χ3v) is 4.14. The van der Waals surface area contributed by atoms with E-state index >= 15 is 0 Å². The van der Waals surface area contributed by atoms with Crippen molar-refractivity contribution in [2.45, 2.75) is 46.5 Å². The summed E-state index contributed by atoms with van der Waals surface area (Å²) in [6.45, 7) is 6.59. The van der Waals surface area contributed by atoms with Crippen molar-refractivity contribution >= 4 is 5.97 Å². The molecule has 0 aliphatic rings. The lowest BCUT2D eigenvalue weighted by molar-refractivity contribution is 0.0734. The minimum Gasteiger partial charge on any atom is -0.423 e. The Balaban J connectivity index is 1.96. The summed E-state index contributed by atoms with van der Waals surface area (Å²) in [6.07, 6.45) is 4.37. The van der Waals surface area contributed by atoms with Crippen LogP contribution < -0.4 is 4.74 Å². The fourth-order valence-electron chi connectivity index (χ4n) is 2.50. The van der Waals surface area contributed by atoms with Crippen LogP contribution in [0.25, 0.3) is 0 Å². The van der Waals surface area contributed by atoms with E-state index in [0.717, 1.165) is 19.3 Å². The summed E-state index contributed by atoms with van der Waals surface area (Å²) in [5, 5.41) is 0. The maximum Gasteiger partial charge on any atom is 0.343 e. The smallest absolute Gasteiger partial charge is 0.343 e. The molecule has 23 heavy (non-hydrogen) atoms. The van der Waals surface area contributed by atoms with Crippen LogP contribution in [0.3, 0.4) is 0 Å². The van der Waals surface area contributed by atoms with Crippen LogP contribution in [0.2, 0.25) is 0 Å². The van der Waals surface area contributed by atoms with Crippen molar-refractivity contribution in [3.63, 3.8) is 0 Å². The molecule has 0 aromatic heterocycles. The highest BCUT2D eigenvalue weighted by molar-refractivity contribution is 5.91. The summed E-state index contributed by atoms with van der Waals surface area (Å²) in [6, 6.07) is 15.5. The van der Waals surface area contributed by atoms with Gasteiger partial charge in [-0.05, 0) is 54.2 Å². The lowest BCUT2D eigenvalue weighted by Crippen LogP contribution is -2.08. The third kappa shape index (κ3) is 5.24. The average molecular weight is 310 g/mol. The van der Waals surface area contributed by atoms with Crippen molar-refractivity contribution in [1.29, 1.82) is 0 Å². The molecule has 2 aromatic carbocycles. The van der Waals surface area contributed by atoms with Crippen LogP contribution in [0.15, 0.2) is 48.5 Å². The SMILES string of the molecule is CCCc1ccc(C(=O)Oc2ccc(CC(C)CC)cc2)cc1. The van der Waals surface area contributed by atoms with Gasteiger partial charge in [0, 0.05) is 0 Å². The molecule has 0 spiro atoms. The van der Waals surface area contributed by atoms with Gasteiger partial charge in [0.1, 0.15) is 5.75 Å². The normalized spacial score (nSPS) is 12.0. The van der Waals surface area contributed by atoms with Gasteiger partial charge in [-0.1, -0.05) is 57.9 Å². The van der Waals surface area contributed by atoms with Crippen LogP contribution in [-0.4, -0.2) is 5.97 Å². The van der Waals surface area contributed by atoms with Crippen LogP contribution in [0.1, 0.15) is 55.1 Å². The van der Waals surface area contributed by atoms with Crippen molar-refractivity contribution in [3.8, 4) is 5.75 Å². The number of esters is 1. The molecule has 0 amide bonds. The van der Waals surface area contributed by atoms with Crippen molar-refractivity contribution in [2.75, 3.05) is 0 Å². The molecule has 0 heterocycles. The molecule has 122 valence electrons. The minimum atomic E-state index is -0.303. The first-order chi connectivity index (χ1) is 11.1. The van der Waals surface area contributed by atoms with E-state index in [9.17, 15) is 4.79 Å². The molecule has 0 aliphatic carbocycles. The van der Waals surface area contributed by atoms with Gasteiger partial charge in [0.2, 0.25) is 0 Å². The monoisotopic (exact) mass is 310 g/mol. The van der Waals surface area contributed by atoms with Gasteiger partial charge < -0.3 is 4.74 Å². The van der Waals surface area contributed by atoms with E-state index in [1.807, 2.05) is 48.5 Å². The molecule has 0 aliphatic heterocycles. The van der Waals surface area contributed by atoms with Crippen LogP contribution >= 0.6 is 0 Å². The Morgan fingerprint density at radius 2 is 1.57 bits per heavy atom. The van der Waals surface area contributed by atoms with E-state index in [1.54, 1.807) is 0 Å². The standard InChI is InChI=1S/C21H26O2/c1-4-6-17-7-11-19(12-8-17)21(22)23-20-13-9-18(10-14-20)15-16(3)5-2/h7-14,16H,4-6,15H2,1-3H3. The highest BCUT2D eigenvalue weighted by atomic mass is 16.5. The summed E-state index contributed by atoms with van der Waals surface area (Å²) >= 11 is 0. The Morgan fingerprint density at radius 3 is 2.13 bits per heavy atom. The van der Waals surface area contributed by atoms with Crippen LogP contribution in [0, 0.1) is 5.92 Å². The Hall–Kier alpha value is -2.09. The molecule has 2 nitrogen and oxygen atoms in total. The third-order valence-electron chi connectivity index (χ3n) is 4.14. The number of carbonyl (C=O) groups is 1. The molecular formula is C21H26O2. The molecule has 1 atom stereocenters. The Kier molecular flexibility index (Phi) is 6.40. The largest absolute Gasteiger partial charge is 0.423 e. The van der Waals surface area contributed by atoms with E-state index in [2.05, 4.69) is 20.8 Å². The molecule has 0 N–H and O–H groups in total. The topological polar surface area (TPSA) is 26.3 Å². The predicted octanol–water partition coefficient (Wildman–Crippen LogP) is 5.45. The van der Waals surface area contributed by atoms with E-state index in [-0.39, 0.29) is 5.97 Å². The van der Waals surface area contributed by atoms with Gasteiger partial charge in [-0.15, -0.1) is 0 Å². The maximum absolute atomic E-state index is 12.2. The lowest BCUT2D eigenvalue weighted by Gasteiger charge is -2.09. The molecule has 2 rings (SSSR count). The van der Waals surface area contributed by atoms with E-state index in [0.29, 0.717) is 17.2 Å². The van der Waals surface area contributed by atoms with Crippen molar-refractivity contribution in [1.82, 2.24) is 0 Å². The van der Waals surface area contributed by atoms with Gasteiger partial charge in [-0.2, -0.15) is 0 Å². The second kappa shape index (κ2) is 8.52. The summed E-state index contributed by atoms with van der Waals surface area (Å²) in [5.74, 6) is 0.966. The molecule has 0 fully saturated rings. The number of benzene rings is 2. The first kappa shape index (κ1) is 17.3. The predicted molar refractivity (Wildman–Crippen MR) is 95.0 cm³/mol. The van der Waals surface area contributed by atoms with E-state index in [4.69, 9.17) is 4.74 Å². The van der Waals surface area contributed by atoms with E-state index < -0.39 is 0 Å². The van der Waals surface area contributed by atoms with Gasteiger partial charge in [-0.25, -0.2) is 4.79 Å². The highest BCUT2D eigenvalue weighted by Crippen LogP contribution is 2.18. The fourth-order valence-corrected chi connectivity index (χ4v) is 2.50. The number of rotatable bonds is 7. The minimum absolute atomic E-state index is 0.303. The zero-order valence-corrected chi connectivity index (χ0v) is 14.3. The van der Waals surface area contributed by atoms with E-state index in [1.165, 1.54) is 17.5 Å². The number of carbonyl (C=O) groups excluding carboxylic acids is 1. The summed E-state index contributed by atoms with van der Waals surface area (Å²) in [4.78, 5) is 12.2. The van der Waals surface area contributed by atoms with Crippen molar-refractivity contribution in [2.24, 2.45) is 5.92 Å². The van der Waals surface area contributed by atoms with Crippen LogP contribution in [0.5, 0.6) is 5.75 Å². The first-order valence-corrected chi connectivity index (χ1v) is 8.52. The molecule has 0 saturated carbocycles. The average Bonchev–Trinajstić information content (AvgIpc) is 2.57. The Bertz CT molecular complexity index is 611. The van der Waals surface area contributed by atoms with Crippen LogP contribution in [-0.2, 0) is 12.8 Å². The number of hydrogen-bond donors (Lipinski definition) is 0. The maximum atomic E-state index is 12.2. The fraction of sp³-hybridized carbons (Fsp3) is 0.381. The van der Waals surface area contributed by atoms with Crippen molar-refractivity contribution < 1.29 is 9.53 Å². The molecule has 0 radical (unpaired) electrons. The number of aryl methyl sites for hydroxylation is 1. The van der Waals surface area contributed by atoms with Crippen molar-refractivity contribution in [3.05, 3.63) is 65.2 Å². The quantitative estimate of drug-likeness (QED) is 0.502. The highest BCUT2D eigenvalue weighted by Gasteiger charge is 2.09. The molecule has 2 heteroatoms. The zero-order chi connectivity index (χ0) is 16.7. The van der Waals surface area contributed by atoms with Gasteiger partial charge >= 0.3 is 5.97 Å². The van der Waals surface area contributed by atoms with Crippen LogP contribution in [0.4, 0.5) is 0 Å². The van der Waals surface area contributed by atoms with Gasteiger partial charge in [-0.3, -0.25) is 0 Å². The summed E-state index contributed by atoms with van der Waals surface area (Å²) < 4.78 is 5.45. The summed E-state index contributed by atoms with van der Waals surface area (Å²) in [5.41, 5.74) is 3.12. The Labute approximate surface area is 139 Å². The Morgan fingerprint density at radius 1 is 0.957 bits per heavy atom. The molecular weight excluding hydrogens is 284 g/mol.